The first-order chi connectivity index (χ1) is 13.2. The van der Waals surface area contributed by atoms with Crippen molar-refractivity contribution in [3.05, 3.63) is 38.5 Å². The van der Waals surface area contributed by atoms with E-state index in [-0.39, 0.29) is 23.3 Å². The number of aryl methyl sites for hydroxylation is 2. The zero-order valence-electron chi connectivity index (χ0n) is 16.5. The number of hydrogen-bond acceptors (Lipinski definition) is 6. The number of thiazole rings is 1. The van der Waals surface area contributed by atoms with Crippen molar-refractivity contribution in [2.45, 2.75) is 53.4 Å². The molecular weight excluding hydrogens is 376 g/mol. The maximum Gasteiger partial charge on any atom is 0.277 e. The highest BCUT2D eigenvalue weighted by Crippen LogP contribution is 2.40. The molecule has 3 aromatic heterocycles. The Labute approximate surface area is 166 Å². The molecule has 0 saturated carbocycles. The molecule has 0 aliphatic heterocycles. The minimum Gasteiger partial charge on any atom is -0.302 e. The highest BCUT2D eigenvalue weighted by molar-refractivity contribution is 7.15. The third-order valence-corrected chi connectivity index (χ3v) is 6.52. The number of nitrogens with one attached hydrogen (secondary N) is 2. The van der Waals surface area contributed by atoms with Crippen molar-refractivity contribution < 1.29 is 4.79 Å². The van der Waals surface area contributed by atoms with Gasteiger partial charge in [-0.25, -0.2) is 15.0 Å². The zero-order valence-corrected chi connectivity index (χ0v) is 17.3. The van der Waals surface area contributed by atoms with E-state index in [1.54, 1.807) is 18.3 Å². The predicted octanol–water partition coefficient (Wildman–Crippen LogP) is 2.51. The van der Waals surface area contributed by atoms with Crippen LogP contribution in [0.2, 0.25) is 0 Å². The molecule has 4 rings (SSSR count). The zero-order chi connectivity index (χ0) is 20.1. The van der Waals surface area contributed by atoms with E-state index < -0.39 is 0 Å². The molecule has 148 valence electrons. The van der Waals surface area contributed by atoms with E-state index in [0.29, 0.717) is 28.1 Å². The Morgan fingerprint density at radius 2 is 2.18 bits per heavy atom. The first-order valence-electron chi connectivity index (χ1n) is 9.42. The lowest BCUT2D eigenvalue weighted by atomic mass is 9.73. The summed E-state index contributed by atoms with van der Waals surface area (Å²) in [6, 6.07) is 0. The number of fused-ring (bicyclic) bond motifs is 2. The SMILES string of the molecule is Cc1nc2nc[nH]n2c(=O)c1CC(=O)Nc1nc2c(s1)C[C@@H](C(C)(C)C)CC2. The molecule has 0 unspecified atom stereocenters. The second kappa shape index (κ2) is 6.80. The van der Waals surface area contributed by atoms with Gasteiger partial charge in [-0.05, 0) is 37.5 Å². The van der Waals surface area contributed by atoms with Crippen molar-refractivity contribution in [2.24, 2.45) is 11.3 Å². The number of aromatic nitrogens is 5. The third kappa shape index (κ3) is 3.46. The third-order valence-electron chi connectivity index (χ3n) is 5.48. The summed E-state index contributed by atoms with van der Waals surface area (Å²) in [5.41, 5.74) is 1.93. The Balaban J connectivity index is 1.50. The molecule has 28 heavy (non-hydrogen) atoms. The molecule has 1 aliphatic carbocycles. The normalized spacial score (nSPS) is 16.9. The summed E-state index contributed by atoms with van der Waals surface area (Å²) in [6.45, 7) is 8.54. The highest BCUT2D eigenvalue weighted by atomic mass is 32.1. The maximum absolute atomic E-state index is 12.6. The molecule has 3 aromatic rings. The fourth-order valence-electron chi connectivity index (χ4n) is 3.69. The van der Waals surface area contributed by atoms with Gasteiger partial charge in [-0.1, -0.05) is 20.8 Å². The summed E-state index contributed by atoms with van der Waals surface area (Å²) in [5, 5.41) is 6.19. The molecular formula is C19H24N6O2S. The minimum absolute atomic E-state index is 0.0471. The lowest BCUT2D eigenvalue weighted by Gasteiger charge is -2.33. The number of nitrogens with zero attached hydrogens (tertiary/aromatic N) is 4. The van der Waals surface area contributed by atoms with E-state index in [9.17, 15) is 9.59 Å². The fraction of sp³-hybridized carbons (Fsp3) is 0.526. The summed E-state index contributed by atoms with van der Waals surface area (Å²) in [6.07, 6.45) is 4.43. The average molecular weight is 401 g/mol. The molecule has 1 atom stereocenters. The van der Waals surface area contributed by atoms with Crippen LogP contribution in [0.3, 0.4) is 0 Å². The van der Waals surface area contributed by atoms with Crippen LogP contribution in [0.25, 0.3) is 5.78 Å². The van der Waals surface area contributed by atoms with E-state index in [1.165, 1.54) is 15.7 Å². The summed E-state index contributed by atoms with van der Waals surface area (Å²) in [5.74, 6) is 0.659. The molecule has 0 fully saturated rings. The summed E-state index contributed by atoms with van der Waals surface area (Å²) in [4.78, 5) is 39.2. The quantitative estimate of drug-likeness (QED) is 0.703. The summed E-state index contributed by atoms with van der Waals surface area (Å²) < 4.78 is 1.24. The Morgan fingerprint density at radius 3 is 2.93 bits per heavy atom. The minimum atomic E-state index is -0.304. The van der Waals surface area contributed by atoms with Gasteiger partial charge in [-0.15, -0.1) is 11.3 Å². The lowest BCUT2D eigenvalue weighted by molar-refractivity contribution is -0.115. The number of amides is 1. The molecule has 0 aromatic carbocycles. The van der Waals surface area contributed by atoms with Crippen LogP contribution in [0.5, 0.6) is 0 Å². The largest absolute Gasteiger partial charge is 0.302 e. The van der Waals surface area contributed by atoms with Crippen LogP contribution in [0.15, 0.2) is 11.1 Å². The molecule has 0 saturated heterocycles. The molecule has 0 bridgehead atoms. The van der Waals surface area contributed by atoms with E-state index in [2.05, 4.69) is 46.1 Å². The number of aromatic amines is 1. The van der Waals surface area contributed by atoms with E-state index in [0.717, 1.165) is 25.0 Å². The van der Waals surface area contributed by atoms with Gasteiger partial charge in [0.1, 0.15) is 6.33 Å². The smallest absolute Gasteiger partial charge is 0.277 e. The van der Waals surface area contributed by atoms with Gasteiger partial charge in [0.05, 0.1) is 23.4 Å². The Kier molecular flexibility index (Phi) is 4.57. The van der Waals surface area contributed by atoms with Crippen LogP contribution < -0.4 is 10.9 Å². The van der Waals surface area contributed by atoms with Crippen LogP contribution in [0, 0.1) is 18.3 Å². The number of H-pyrrole nitrogens is 1. The lowest BCUT2D eigenvalue weighted by Crippen LogP contribution is -2.26. The summed E-state index contributed by atoms with van der Waals surface area (Å²) >= 11 is 1.55. The fourth-order valence-corrected chi connectivity index (χ4v) is 4.79. The molecule has 1 amide bonds. The van der Waals surface area contributed by atoms with Crippen LogP contribution in [0.1, 0.15) is 49.0 Å². The second-order valence-electron chi connectivity index (χ2n) is 8.42. The van der Waals surface area contributed by atoms with Gasteiger partial charge in [0, 0.05) is 4.88 Å². The molecule has 3 heterocycles. The van der Waals surface area contributed by atoms with Crippen LogP contribution in [-0.4, -0.2) is 30.5 Å². The number of anilines is 1. The average Bonchev–Trinajstić information content (AvgIpc) is 3.23. The first kappa shape index (κ1) is 18.8. The van der Waals surface area contributed by atoms with Gasteiger partial charge in [-0.2, -0.15) is 4.52 Å². The van der Waals surface area contributed by atoms with E-state index in [1.807, 2.05) is 0 Å². The van der Waals surface area contributed by atoms with Gasteiger partial charge in [-0.3, -0.25) is 14.7 Å². The van der Waals surface area contributed by atoms with Crippen LogP contribution in [-0.2, 0) is 24.1 Å². The Hall–Kier alpha value is -2.55. The molecule has 0 radical (unpaired) electrons. The molecule has 2 N–H and O–H groups in total. The van der Waals surface area contributed by atoms with Crippen molar-refractivity contribution in [1.82, 2.24) is 24.6 Å². The monoisotopic (exact) mass is 400 g/mol. The standard InChI is InChI=1S/C19H24N6O2S/c1-10-12(16(27)25-17(22-10)20-9-21-25)8-15(26)24-18-23-13-6-5-11(19(2,3)4)7-14(13)28-18/h9,11H,5-8H2,1-4H3,(H,20,21,22)(H,23,24,26)/t11-/m0/s1. The van der Waals surface area contributed by atoms with E-state index in [4.69, 9.17) is 0 Å². The summed E-state index contributed by atoms with van der Waals surface area (Å²) in [7, 11) is 0. The van der Waals surface area contributed by atoms with Crippen molar-refractivity contribution in [2.75, 3.05) is 5.32 Å². The molecule has 0 spiro atoms. The van der Waals surface area contributed by atoms with Gasteiger partial charge < -0.3 is 5.32 Å². The van der Waals surface area contributed by atoms with Crippen LogP contribution >= 0.6 is 11.3 Å². The van der Waals surface area contributed by atoms with Crippen molar-refractivity contribution in [3.63, 3.8) is 0 Å². The maximum atomic E-state index is 12.6. The Bertz CT molecular complexity index is 1100. The van der Waals surface area contributed by atoms with Crippen molar-refractivity contribution in [1.29, 1.82) is 0 Å². The van der Waals surface area contributed by atoms with Crippen LogP contribution in [0.4, 0.5) is 5.13 Å². The van der Waals surface area contributed by atoms with E-state index >= 15 is 0 Å². The van der Waals surface area contributed by atoms with Gasteiger partial charge in [0.2, 0.25) is 5.91 Å². The second-order valence-corrected chi connectivity index (χ2v) is 9.51. The highest BCUT2D eigenvalue weighted by Gasteiger charge is 2.31. The number of carbonyl (C=O) groups is 1. The topological polar surface area (TPSA) is 105 Å². The number of hydrogen-bond donors (Lipinski definition) is 2. The number of carbonyl (C=O) groups excluding carboxylic acids is 1. The first-order valence-corrected chi connectivity index (χ1v) is 10.2. The van der Waals surface area contributed by atoms with Gasteiger partial charge in [0.15, 0.2) is 5.13 Å². The molecule has 8 nitrogen and oxygen atoms in total. The Morgan fingerprint density at radius 1 is 1.39 bits per heavy atom. The number of rotatable bonds is 3. The van der Waals surface area contributed by atoms with Gasteiger partial charge >= 0.3 is 0 Å². The molecule has 9 heteroatoms. The van der Waals surface area contributed by atoms with Crippen molar-refractivity contribution >= 4 is 28.2 Å². The van der Waals surface area contributed by atoms with Crippen molar-refractivity contribution in [3.8, 4) is 0 Å². The predicted molar refractivity (Wildman–Crippen MR) is 108 cm³/mol. The molecule has 1 aliphatic rings. The van der Waals surface area contributed by atoms with Gasteiger partial charge in [0.25, 0.3) is 11.3 Å².